The number of halogens is 1. The Hall–Kier alpha value is -2.31. The summed E-state index contributed by atoms with van der Waals surface area (Å²) < 4.78 is 5.28. The number of nitrogens with zero attached hydrogens (tertiary/aromatic N) is 3. The molecule has 0 bridgehead atoms. The summed E-state index contributed by atoms with van der Waals surface area (Å²) in [6.45, 7) is 4.38. The van der Waals surface area contributed by atoms with Gasteiger partial charge >= 0.3 is 0 Å². The molecule has 134 valence electrons. The molecule has 0 saturated carbocycles. The highest BCUT2D eigenvalue weighted by molar-refractivity contribution is 8.18. The highest BCUT2D eigenvalue weighted by atomic mass is 35.5. The number of hydrogen-bond acceptors (Lipinski definition) is 5. The zero-order chi connectivity index (χ0) is 18.7. The Balaban J connectivity index is 2.02. The number of pyridine rings is 1. The lowest BCUT2D eigenvalue weighted by molar-refractivity contribution is -0.122. The van der Waals surface area contributed by atoms with E-state index in [1.165, 1.54) is 11.8 Å². The molecule has 0 N–H and O–H groups in total. The minimum atomic E-state index is -0.0587. The summed E-state index contributed by atoms with van der Waals surface area (Å²) in [5.41, 5.74) is 2.37. The highest BCUT2D eigenvalue weighted by Gasteiger charge is 2.34. The highest BCUT2D eigenvalue weighted by Crippen LogP contribution is 2.38. The summed E-state index contributed by atoms with van der Waals surface area (Å²) in [6, 6.07) is 11.2. The van der Waals surface area contributed by atoms with Crippen LogP contribution in [0.1, 0.15) is 19.4 Å². The lowest BCUT2D eigenvalue weighted by Crippen LogP contribution is -2.28. The Kier molecular flexibility index (Phi) is 5.64. The monoisotopic (exact) mass is 387 g/mol. The van der Waals surface area contributed by atoms with Gasteiger partial charge in [0.2, 0.25) is 0 Å². The van der Waals surface area contributed by atoms with E-state index in [1.54, 1.807) is 30.3 Å². The summed E-state index contributed by atoms with van der Waals surface area (Å²) in [4.78, 5) is 23.8. The van der Waals surface area contributed by atoms with Gasteiger partial charge in [0.1, 0.15) is 11.4 Å². The summed E-state index contributed by atoms with van der Waals surface area (Å²) in [5.74, 6) is 0.692. The third-order valence-corrected chi connectivity index (χ3v) is 5.45. The van der Waals surface area contributed by atoms with Crippen LogP contribution < -0.4 is 4.74 Å². The Bertz CT molecular complexity index is 911. The zero-order valence-electron chi connectivity index (χ0n) is 14.7. The number of amidine groups is 1. The van der Waals surface area contributed by atoms with Crippen LogP contribution in [0, 0.1) is 0 Å². The molecule has 0 unspecified atom stereocenters. The molecule has 1 aliphatic rings. The molecule has 26 heavy (non-hydrogen) atoms. The summed E-state index contributed by atoms with van der Waals surface area (Å²) in [6.07, 6.45) is 1.61. The number of benzene rings is 1. The van der Waals surface area contributed by atoms with Crippen molar-refractivity contribution >= 4 is 45.7 Å². The van der Waals surface area contributed by atoms with Crippen LogP contribution in [0.5, 0.6) is 5.75 Å². The van der Waals surface area contributed by atoms with Crippen LogP contribution in [0.15, 0.2) is 52.5 Å². The van der Waals surface area contributed by atoms with E-state index in [4.69, 9.17) is 16.3 Å². The first-order valence-corrected chi connectivity index (χ1v) is 9.28. The van der Waals surface area contributed by atoms with Crippen molar-refractivity contribution < 1.29 is 9.53 Å². The van der Waals surface area contributed by atoms with E-state index in [9.17, 15) is 4.79 Å². The second-order valence-electron chi connectivity index (χ2n) is 5.55. The number of carbonyl (C=O) groups excluding carboxylic acids is 1. The van der Waals surface area contributed by atoms with Crippen LogP contribution >= 0.6 is 23.4 Å². The molecule has 7 heteroatoms. The fourth-order valence-corrected chi connectivity index (χ4v) is 3.83. The van der Waals surface area contributed by atoms with E-state index in [-0.39, 0.29) is 5.91 Å². The van der Waals surface area contributed by atoms with Crippen LogP contribution in [-0.2, 0) is 4.79 Å². The van der Waals surface area contributed by atoms with Gasteiger partial charge in [-0.15, -0.1) is 0 Å². The molecule has 0 aliphatic carbocycles. The largest absolute Gasteiger partial charge is 0.497 e. The second kappa shape index (κ2) is 7.93. The molecule has 0 atom stereocenters. The maximum absolute atomic E-state index is 12.9. The third kappa shape index (κ3) is 3.61. The Morgan fingerprint density at radius 3 is 2.85 bits per heavy atom. The van der Waals surface area contributed by atoms with E-state index in [0.29, 0.717) is 27.5 Å². The number of ether oxygens (including phenoxy) is 1. The number of rotatable bonds is 4. The molecule has 2 aromatic rings. The van der Waals surface area contributed by atoms with E-state index in [0.717, 1.165) is 16.9 Å². The van der Waals surface area contributed by atoms with Crippen LogP contribution in [-0.4, -0.2) is 34.6 Å². The number of amides is 1. The number of carbonyl (C=O) groups is 1. The third-order valence-electron chi connectivity index (χ3n) is 3.98. The number of likely N-dealkylation sites (N-methyl/N-ethyl adjacent to an activating group) is 1. The topological polar surface area (TPSA) is 54.8 Å². The summed E-state index contributed by atoms with van der Waals surface area (Å²) >= 11 is 7.45. The molecule has 3 rings (SSSR count). The molecular formula is C19H18ClN3O2S. The smallest absolute Gasteiger partial charge is 0.267 e. The van der Waals surface area contributed by atoms with Crippen molar-refractivity contribution in [2.75, 3.05) is 13.7 Å². The van der Waals surface area contributed by atoms with Gasteiger partial charge in [0, 0.05) is 12.7 Å². The first-order chi connectivity index (χ1) is 12.5. The van der Waals surface area contributed by atoms with Crippen LogP contribution in [0.4, 0.5) is 5.69 Å². The van der Waals surface area contributed by atoms with E-state index in [1.807, 2.05) is 38.1 Å². The number of aromatic nitrogens is 1. The van der Waals surface area contributed by atoms with Crippen LogP contribution in [0.3, 0.4) is 0 Å². The SMILES string of the molecule is CCN1C(=O)/C(=C(\C)c2cccc(OC)c2)SC1=Nc1cccnc1Cl. The van der Waals surface area contributed by atoms with Gasteiger partial charge in [-0.3, -0.25) is 9.69 Å². The van der Waals surface area contributed by atoms with Gasteiger partial charge in [0.15, 0.2) is 10.3 Å². The first kappa shape index (κ1) is 18.5. The maximum atomic E-state index is 12.9. The minimum Gasteiger partial charge on any atom is -0.497 e. The van der Waals surface area contributed by atoms with Gasteiger partial charge in [0.05, 0.1) is 12.0 Å². The van der Waals surface area contributed by atoms with Gasteiger partial charge in [-0.05, 0) is 61.0 Å². The van der Waals surface area contributed by atoms with Crippen molar-refractivity contribution in [3.63, 3.8) is 0 Å². The number of methoxy groups -OCH3 is 1. The molecular weight excluding hydrogens is 370 g/mol. The first-order valence-electron chi connectivity index (χ1n) is 8.09. The van der Waals surface area contributed by atoms with Crippen molar-refractivity contribution in [1.29, 1.82) is 0 Å². The number of allylic oxidation sites excluding steroid dienone is 1. The average molecular weight is 388 g/mol. The second-order valence-corrected chi connectivity index (χ2v) is 6.88. The van der Waals surface area contributed by atoms with Crippen molar-refractivity contribution in [3.8, 4) is 5.75 Å². The minimum absolute atomic E-state index is 0.0587. The number of aliphatic imine (C=N–C) groups is 1. The van der Waals surface area contributed by atoms with Crippen molar-refractivity contribution in [1.82, 2.24) is 9.88 Å². The molecule has 1 aliphatic heterocycles. The Labute approximate surface area is 161 Å². The predicted molar refractivity (Wildman–Crippen MR) is 107 cm³/mol. The average Bonchev–Trinajstić information content (AvgIpc) is 2.98. The Morgan fingerprint density at radius 2 is 2.15 bits per heavy atom. The molecule has 0 spiro atoms. The molecule has 2 heterocycles. The van der Waals surface area contributed by atoms with E-state index < -0.39 is 0 Å². The fraction of sp³-hybridized carbons (Fsp3) is 0.211. The van der Waals surface area contributed by atoms with Gasteiger partial charge in [-0.25, -0.2) is 9.98 Å². The molecule has 1 aromatic heterocycles. The van der Waals surface area contributed by atoms with Crippen molar-refractivity contribution in [2.24, 2.45) is 4.99 Å². The van der Waals surface area contributed by atoms with Crippen LogP contribution in [0.25, 0.3) is 5.57 Å². The van der Waals surface area contributed by atoms with E-state index >= 15 is 0 Å². The summed E-state index contributed by atoms with van der Waals surface area (Å²) in [5, 5.41) is 0.913. The maximum Gasteiger partial charge on any atom is 0.267 e. The molecule has 1 saturated heterocycles. The molecule has 5 nitrogen and oxygen atoms in total. The molecule has 1 fully saturated rings. The quantitative estimate of drug-likeness (QED) is 0.560. The van der Waals surface area contributed by atoms with Gasteiger partial charge in [0.25, 0.3) is 5.91 Å². The van der Waals surface area contributed by atoms with Gasteiger partial charge in [-0.2, -0.15) is 0 Å². The lowest BCUT2D eigenvalue weighted by atomic mass is 10.1. The Morgan fingerprint density at radius 1 is 1.35 bits per heavy atom. The molecule has 0 radical (unpaired) electrons. The van der Waals surface area contributed by atoms with Gasteiger partial charge < -0.3 is 4.74 Å². The fourth-order valence-electron chi connectivity index (χ4n) is 2.55. The molecule has 1 amide bonds. The number of thioether (sulfide) groups is 1. The van der Waals surface area contributed by atoms with E-state index in [2.05, 4.69) is 9.98 Å². The molecule has 1 aromatic carbocycles. The van der Waals surface area contributed by atoms with Gasteiger partial charge in [-0.1, -0.05) is 23.7 Å². The lowest BCUT2D eigenvalue weighted by Gasteiger charge is -2.12. The normalized spacial score (nSPS) is 17.8. The standard InChI is InChI=1S/C19H18ClN3O2S/c1-4-23-18(24)16(12(2)13-7-5-8-14(11-13)25-3)26-19(23)22-15-9-6-10-21-17(15)20/h5-11H,4H2,1-3H3/b16-12-,22-19?. The van der Waals surface area contributed by atoms with Crippen LogP contribution in [0.2, 0.25) is 5.15 Å². The zero-order valence-corrected chi connectivity index (χ0v) is 16.3. The van der Waals surface area contributed by atoms with Crippen molar-refractivity contribution in [3.05, 3.63) is 58.2 Å². The summed E-state index contributed by atoms with van der Waals surface area (Å²) in [7, 11) is 1.62. The number of hydrogen-bond donors (Lipinski definition) is 0. The van der Waals surface area contributed by atoms with Crippen molar-refractivity contribution in [2.45, 2.75) is 13.8 Å². The predicted octanol–water partition coefficient (Wildman–Crippen LogP) is 4.76.